The number of carbonyl (C=O) groups excluding carboxylic acids is 3. The molecule has 3 amide bonds. The Bertz CT molecular complexity index is 1020. The second kappa shape index (κ2) is 8.01. The van der Waals surface area contributed by atoms with Crippen LogP contribution in [-0.4, -0.2) is 33.4 Å². The summed E-state index contributed by atoms with van der Waals surface area (Å²) in [6, 6.07) is 11.1. The molecule has 2 aromatic rings. The molecule has 0 unspecified atom stereocenters. The number of anilines is 1. The van der Waals surface area contributed by atoms with Crippen molar-refractivity contribution in [3.63, 3.8) is 0 Å². The Morgan fingerprint density at radius 3 is 2.68 bits per heavy atom. The zero-order valence-corrected chi connectivity index (χ0v) is 14.9. The fourth-order valence-electron chi connectivity index (χ4n) is 2.41. The van der Waals surface area contributed by atoms with Crippen LogP contribution >= 0.6 is 11.8 Å². The maximum atomic E-state index is 13.6. The minimum atomic E-state index is -0.732. The lowest BCUT2D eigenvalue weighted by atomic mass is 10.2. The Hall–Kier alpha value is -3.53. The molecule has 0 bridgehead atoms. The number of nitro benzene ring substituents is 1. The standard InChI is InChI=1S/C18H12FN3O5S/c19-13-6-1-2-7-14(13)20-16(23)10-21-17(24)15(28-18(21)25)9-11-4-3-5-12(8-11)22(26)27/h1-9H,10H2,(H,20,23)/b15-9-. The van der Waals surface area contributed by atoms with Crippen LogP contribution in [0.4, 0.5) is 20.6 Å². The largest absolute Gasteiger partial charge is 0.322 e. The Morgan fingerprint density at radius 1 is 1.21 bits per heavy atom. The first-order valence-corrected chi connectivity index (χ1v) is 8.71. The first-order chi connectivity index (χ1) is 13.3. The molecule has 0 aliphatic carbocycles. The van der Waals surface area contributed by atoms with Crippen molar-refractivity contribution < 1.29 is 23.7 Å². The average molecular weight is 401 g/mol. The van der Waals surface area contributed by atoms with Gasteiger partial charge in [0.1, 0.15) is 12.4 Å². The number of amides is 3. The monoisotopic (exact) mass is 401 g/mol. The summed E-state index contributed by atoms with van der Waals surface area (Å²) in [6.45, 7) is -0.578. The van der Waals surface area contributed by atoms with E-state index in [1.165, 1.54) is 42.5 Å². The van der Waals surface area contributed by atoms with Gasteiger partial charge in [-0.1, -0.05) is 24.3 Å². The molecular weight excluding hydrogens is 389 g/mol. The summed E-state index contributed by atoms with van der Waals surface area (Å²) in [5.74, 6) is -2.08. The molecule has 2 aromatic carbocycles. The van der Waals surface area contributed by atoms with E-state index in [1.54, 1.807) is 6.07 Å². The van der Waals surface area contributed by atoms with Gasteiger partial charge in [0.2, 0.25) is 5.91 Å². The second-order valence-corrected chi connectivity index (χ2v) is 6.64. The number of benzene rings is 2. The molecular formula is C18H12FN3O5S. The summed E-state index contributed by atoms with van der Waals surface area (Å²) < 4.78 is 13.6. The van der Waals surface area contributed by atoms with Crippen molar-refractivity contribution in [2.24, 2.45) is 0 Å². The number of thioether (sulfide) groups is 1. The topological polar surface area (TPSA) is 110 Å². The molecule has 1 fully saturated rings. The summed E-state index contributed by atoms with van der Waals surface area (Å²) in [5.41, 5.74) is 0.152. The average Bonchev–Trinajstić information content (AvgIpc) is 2.91. The molecule has 1 aliphatic rings. The highest BCUT2D eigenvalue weighted by atomic mass is 32.2. The van der Waals surface area contributed by atoms with Crippen molar-refractivity contribution in [3.05, 3.63) is 74.9 Å². The number of nitro groups is 1. The van der Waals surface area contributed by atoms with Crippen LogP contribution in [0.2, 0.25) is 0 Å². The lowest BCUT2D eigenvalue weighted by molar-refractivity contribution is -0.384. The molecule has 0 atom stereocenters. The summed E-state index contributed by atoms with van der Waals surface area (Å²) in [6.07, 6.45) is 1.34. The third-order valence-corrected chi connectivity index (χ3v) is 4.61. The van der Waals surface area contributed by atoms with Crippen LogP contribution in [0.25, 0.3) is 6.08 Å². The molecule has 0 radical (unpaired) electrons. The maximum Gasteiger partial charge on any atom is 0.294 e. The molecule has 0 aromatic heterocycles. The van der Waals surface area contributed by atoms with Crippen molar-refractivity contribution >= 4 is 46.3 Å². The number of imide groups is 1. The lowest BCUT2D eigenvalue weighted by Crippen LogP contribution is -2.36. The highest BCUT2D eigenvalue weighted by molar-refractivity contribution is 8.18. The van der Waals surface area contributed by atoms with Gasteiger partial charge < -0.3 is 5.32 Å². The van der Waals surface area contributed by atoms with Gasteiger partial charge in [-0.15, -0.1) is 0 Å². The van der Waals surface area contributed by atoms with Crippen LogP contribution in [0.3, 0.4) is 0 Å². The highest BCUT2D eigenvalue weighted by Gasteiger charge is 2.36. The van der Waals surface area contributed by atoms with Crippen LogP contribution in [0.5, 0.6) is 0 Å². The molecule has 0 spiro atoms. The van der Waals surface area contributed by atoms with Crippen molar-refractivity contribution in [2.45, 2.75) is 0 Å². The van der Waals surface area contributed by atoms with E-state index in [1.807, 2.05) is 0 Å². The number of hydrogen-bond acceptors (Lipinski definition) is 6. The number of nitrogens with zero attached hydrogens (tertiary/aromatic N) is 2. The number of hydrogen-bond donors (Lipinski definition) is 1. The summed E-state index contributed by atoms with van der Waals surface area (Å²) in [5, 5.41) is 12.5. The quantitative estimate of drug-likeness (QED) is 0.467. The first kappa shape index (κ1) is 19.2. The van der Waals surface area contributed by atoms with Gasteiger partial charge in [-0.3, -0.25) is 29.4 Å². The molecule has 1 saturated heterocycles. The second-order valence-electron chi connectivity index (χ2n) is 5.65. The van der Waals surface area contributed by atoms with Gasteiger partial charge in [0.25, 0.3) is 16.8 Å². The SMILES string of the molecule is O=C(CN1C(=O)S/C(=C\c2cccc([N+](=O)[O-])c2)C1=O)Nc1ccccc1F. The van der Waals surface area contributed by atoms with Gasteiger partial charge in [0.15, 0.2) is 0 Å². The Kier molecular flexibility index (Phi) is 5.50. The van der Waals surface area contributed by atoms with E-state index in [0.29, 0.717) is 17.3 Å². The van der Waals surface area contributed by atoms with E-state index in [4.69, 9.17) is 0 Å². The van der Waals surface area contributed by atoms with E-state index in [0.717, 1.165) is 11.0 Å². The minimum absolute atomic E-state index is 0.0317. The summed E-state index contributed by atoms with van der Waals surface area (Å²) in [4.78, 5) is 47.6. The summed E-state index contributed by atoms with van der Waals surface area (Å²) in [7, 11) is 0. The minimum Gasteiger partial charge on any atom is -0.322 e. The number of halogens is 1. The van der Waals surface area contributed by atoms with Crippen LogP contribution in [0, 0.1) is 15.9 Å². The molecule has 1 heterocycles. The van der Waals surface area contributed by atoms with Gasteiger partial charge in [-0.2, -0.15) is 0 Å². The van der Waals surface area contributed by atoms with E-state index >= 15 is 0 Å². The molecule has 0 saturated carbocycles. The van der Waals surface area contributed by atoms with Crippen LogP contribution in [0.15, 0.2) is 53.4 Å². The number of carbonyl (C=O) groups is 3. The fraction of sp³-hybridized carbons (Fsp3) is 0.0556. The third-order valence-electron chi connectivity index (χ3n) is 3.70. The van der Waals surface area contributed by atoms with Crippen molar-refractivity contribution in [3.8, 4) is 0 Å². The maximum absolute atomic E-state index is 13.6. The number of para-hydroxylation sites is 1. The summed E-state index contributed by atoms with van der Waals surface area (Å²) >= 11 is 0.617. The molecule has 28 heavy (non-hydrogen) atoms. The van der Waals surface area contributed by atoms with E-state index < -0.39 is 34.3 Å². The smallest absolute Gasteiger partial charge is 0.294 e. The van der Waals surface area contributed by atoms with E-state index in [9.17, 15) is 28.9 Å². The van der Waals surface area contributed by atoms with E-state index in [-0.39, 0.29) is 16.3 Å². The van der Waals surface area contributed by atoms with Crippen molar-refractivity contribution in [1.29, 1.82) is 0 Å². The van der Waals surface area contributed by atoms with Gasteiger partial charge in [-0.25, -0.2) is 4.39 Å². The Labute approximate surface area is 162 Å². The van der Waals surface area contributed by atoms with Gasteiger partial charge in [0.05, 0.1) is 15.5 Å². The highest BCUT2D eigenvalue weighted by Crippen LogP contribution is 2.32. The van der Waals surface area contributed by atoms with Crippen molar-refractivity contribution in [2.75, 3.05) is 11.9 Å². The Morgan fingerprint density at radius 2 is 1.96 bits per heavy atom. The first-order valence-electron chi connectivity index (χ1n) is 7.89. The van der Waals surface area contributed by atoms with Crippen LogP contribution in [-0.2, 0) is 9.59 Å². The lowest BCUT2D eigenvalue weighted by Gasteiger charge is -2.12. The van der Waals surface area contributed by atoms with Gasteiger partial charge in [-0.05, 0) is 35.5 Å². The molecule has 1 N–H and O–H groups in total. The number of nitrogens with one attached hydrogen (secondary N) is 1. The van der Waals surface area contributed by atoms with Crippen molar-refractivity contribution in [1.82, 2.24) is 4.90 Å². The molecule has 8 nitrogen and oxygen atoms in total. The molecule has 10 heteroatoms. The molecule has 3 rings (SSSR count). The third kappa shape index (κ3) is 4.23. The normalized spacial score (nSPS) is 15.2. The van der Waals surface area contributed by atoms with Gasteiger partial charge in [0, 0.05) is 12.1 Å². The predicted octanol–water partition coefficient (Wildman–Crippen LogP) is 3.41. The predicted molar refractivity (Wildman–Crippen MR) is 101 cm³/mol. The number of non-ortho nitro benzene ring substituents is 1. The number of rotatable bonds is 5. The molecule has 1 aliphatic heterocycles. The molecule has 142 valence electrons. The van der Waals surface area contributed by atoms with Gasteiger partial charge >= 0.3 is 0 Å². The van der Waals surface area contributed by atoms with Crippen LogP contribution < -0.4 is 5.32 Å². The zero-order chi connectivity index (χ0) is 20.3. The zero-order valence-electron chi connectivity index (χ0n) is 14.1. The fourth-order valence-corrected chi connectivity index (χ4v) is 3.25. The van der Waals surface area contributed by atoms with E-state index in [2.05, 4.69) is 5.32 Å². The van der Waals surface area contributed by atoms with Crippen LogP contribution in [0.1, 0.15) is 5.56 Å². The Balaban J connectivity index is 1.73.